The van der Waals surface area contributed by atoms with Crippen LogP contribution in [0.3, 0.4) is 0 Å². The van der Waals surface area contributed by atoms with Gasteiger partial charge in [-0.3, -0.25) is 4.90 Å². The first-order chi connectivity index (χ1) is 15.8. The summed E-state index contributed by atoms with van der Waals surface area (Å²) in [6.07, 6.45) is 0. The number of nitrogens with two attached hydrogens (primary N) is 1. The Kier molecular flexibility index (Phi) is 6.73. The fourth-order valence-electron chi connectivity index (χ4n) is 4.00. The van der Waals surface area contributed by atoms with Gasteiger partial charge < -0.3 is 19.9 Å². The lowest BCUT2D eigenvalue weighted by Crippen LogP contribution is -2.41. The molecular weight excluding hydrogens is 422 g/mol. The van der Waals surface area contributed by atoms with Crippen LogP contribution in [0.25, 0.3) is 0 Å². The number of nitriles is 1. The SMILES string of the molecule is COC(=O)C1=C(C(=O)OC)N(c2cc(C)c(OC)cc2C)C(N)=C(C#N)C1c1ccccc1. The highest BCUT2D eigenvalue weighted by Crippen LogP contribution is 2.44. The molecule has 0 saturated carbocycles. The van der Waals surface area contributed by atoms with Gasteiger partial charge in [0.05, 0.1) is 50.2 Å². The zero-order chi connectivity index (χ0) is 24.3. The van der Waals surface area contributed by atoms with Crippen LogP contribution < -0.4 is 15.4 Å². The van der Waals surface area contributed by atoms with Gasteiger partial charge in [-0.15, -0.1) is 0 Å². The first kappa shape index (κ1) is 23.4. The summed E-state index contributed by atoms with van der Waals surface area (Å²) in [5.74, 6) is -1.79. The average Bonchev–Trinajstić information content (AvgIpc) is 2.84. The molecule has 1 atom stereocenters. The standard InChI is InChI=1S/C25H25N3O5/c1-14-12-19(31-3)15(2)11-18(14)28-22(25(30)33-5)21(24(29)32-4)20(17(13-26)23(28)27)16-9-7-6-8-10-16/h6-12,20H,27H2,1-5H3. The lowest BCUT2D eigenvalue weighted by Gasteiger charge is -2.36. The largest absolute Gasteiger partial charge is 0.496 e. The molecule has 2 aromatic rings. The third kappa shape index (κ3) is 4.01. The van der Waals surface area contributed by atoms with Gasteiger partial charge >= 0.3 is 11.9 Å². The number of carbonyl (C=O) groups is 2. The van der Waals surface area contributed by atoms with E-state index in [-0.39, 0.29) is 22.7 Å². The molecule has 8 heteroatoms. The van der Waals surface area contributed by atoms with E-state index in [1.54, 1.807) is 43.5 Å². The van der Waals surface area contributed by atoms with Crippen molar-refractivity contribution in [1.29, 1.82) is 5.26 Å². The molecule has 0 aliphatic carbocycles. The van der Waals surface area contributed by atoms with Crippen molar-refractivity contribution in [3.05, 3.63) is 81.8 Å². The van der Waals surface area contributed by atoms with Gasteiger partial charge in [0.25, 0.3) is 0 Å². The second kappa shape index (κ2) is 9.49. The van der Waals surface area contributed by atoms with E-state index in [0.717, 1.165) is 5.56 Å². The van der Waals surface area contributed by atoms with Crippen LogP contribution in [0.1, 0.15) is 22.6 Å². The molecule has 33 heavy (non-hydrogen) atoms. The van der Waals surface area contributed by atoms with Gasteiger partial charge in [-0.05, 0) is 42.7 Å². The van der Waals surface area contributed by atoms with Crippen LogP contribution in [0.5, 0.6) is 5.75 Å². The summed E-state index contributed by atoms with van der Waals surface area (Å²) < 4.78 is 15.5. The monoisotopic (exact) mass is 447 g/mol. The van der Waals surface area contributed by atoms with E-state index in [1.807, 2.05) is 19.9 Å². The lowest BCUT2D eigenvalue weighted by atomic mass is 9.80. The second-order valence-corrected chi connectivity index (χ2v) is 7.44. The molecule has 2 N–H and O–H groups in total. The normalized spacial score (nSPS) is 15.8. The summed E-state index contributed by atoms with van der Waals surface area (Å²) in [6, 6.07) is 14.6. The molecule has 1 unspecified atom stereocenters. The van der Waals surface area contributed by atoms with E-state index in [0.29, 0.717) is 22.6 Å². The summed E-state index contributed by atoms with van der Waals surface area (Å²) >= 11 is 0. The van der Waals surface area contributed by atoms with Crippen LogP contribution in [-0.2, 0) is 19.1 Å². The number of benzene rings is 2. The molecule has 1 heterocycles. The molecule has 0 bridgehead atoms. The highest BCUT2D eigenvalue weighted by molar-refractivity contribution is 6.06. The topological polar surface area (TPSA) is 115 Å². The van der Waals surface area contributed by atoms with Gasteiger partial charge in [-0.2, -0.15) is 5.26 Å². The van der Waals surface area contributed by atoms with Gasteiger partial charge in [0.2, 0.25) is 0 Å². The van der Waals surface area contributed by atoms with Crippen molar-refractivity contribution in [2.45, 2.75) is 19.8 Å². The van der Waals surface area contributed by atoms with E-state index >= 15 is 0 Å². The third-order valence-corrected chi connectivity index (χ3v) is 5.56. The van der Waals surface area contributed by atoms with Crippen LogP contribution in [0.15, 0.2) is 65.1 Å². The number of anilines is 1. The molecular formula is C25H25N3O5. The number of hydrogen-bond donors (Lipinski definition) is 1. The van der Waals surface area contributed by atoms with Crippen LogP contribution >= 0.6 is 0 Å². The van der Waals surface area contributed by atoms with E-state index in [4.69, 9.17) is 19.9 Å². The Morgan fingerprint density at radius 1 is 1.00 bits per heavy atom. The molecule has 170 valence electrons. The molecule has 0 fully saturated rings. The van der Waals surface area contributed by atoms with Crippen molar-refractivity contribution >= 4 is 17.6 Å². The van der Waals surface area contributed by atoms with Gasteiger partial charge in [-0.1, -0.05) is 30.3 Å². The Hall–Kier alpha value is -4.25. The maximum Gasteiger partial charge on any atom is 0.355 e. The van der Waals surface area contributed by atoms with E-state index < -0.39 is 17.9 Å². The number of methoxy groups -OCH3 is 3. The maximum absolute atomic E-state index is 13.1. The van der Waals surface area contributed by atoms with Crippen LogP contribution in [0, 0.1) is 25.2 Å². The van der Waals surface area contributed by atoms with Crippen molar-refractivity contribution in [3.8, 4) is 11.8 Å². The van der Waals surface area contributed by atoms with Crippen LogP contribution in [-0.4, -0.2) is 33.3 Å². The molecule has 0 spiro atoms. The predicted molar refractivity (Wildman–Crippen MR) is 122 cm³/mol. The van der Waals surface area contributed by atoms with Gasteiger partial charge in [0.1, 0.15) is 17.3 Å². The highest BCUT2D eigenvalue weighted by atomic mass is 16.5. The molecule has 0 amide bonds. The molecule has 0 aromatic heterocycles. The second-order valence-electron chi connectivity index (χ2n) is 7.44. The summed E-state index contributed by atoms with van der Waals surface area (Å²) in [6.45, 7) is 3.65. The van der Waals surface area contributed by atoms with Gasteiger partial charge in [-0.25, -0.2) is 9.59 Å². The molecule has 8 nitrogen and oxygen atoms in total. The molecule has 1 aliphatic heterocycles. The molecule has 3 rings (SSSR count). The molecule has 0 radical (unpaired) electrons. The Balaban J connectivity index is 2.44. The number of allylic oxidation sites excluding steroid dienone is 1. The zero-order valence-electron chi connectivity index (χ0n) is 19.1. The zero-order valence-corrected chi connectivity index (χ0v) is 19.1. The molecule has 0 saturated heterocycles. The first-order valence-electron chi connectivity index (χ1n) is 10.1. The van der Waals surface area contributed by atoms with E-state index in [9.17, 15) is 14.9 Å². The highest BCUT2D eigenvalue weighted by Gasteiger charge is 2.43. The summed E-state index contributed by atoms with van der Waals surface area (Å²) in [4.78, 5) is 27.6. The minimum atomic E-state index is -0.909. The number of aryl methyl sites for hydroxylation is 2. The van der Waals surface area contributed by atoms with E-state index in [2.05, 4.69) is 6.07 Å². The van der Waals surface area contributed by atoms with Gasteiger partial charge in [0.15, 0.2) is 0 Å². The number of ether oxygens (including phenoxy) is 3. The number of carbonyl (C=O) groups excluding carboxylic acids is 2. The van der Waals surface area contributed by atoms with Crippen molar-refractivity contribution in [1.82, 2.24) is 0 Å². The number of nitrogens with zero attached hydrogens (tertiary/aromatic N) is 2. The number of esters is 2. The lowest BCUT2D eigenvalue weighted by molar-refractivity contribution is -0.139. The number of hydrogen-bond acceptors (Lipinski definition) is 8. The smallest absolute Gasteiger partial charge is 0.355 e. The Morgan fingerprint density at radius 2 is 1.64 bits per heavy atom. The number of rotatable bonds is 5. The van der Waals surface area contributed by atoms with Crippen molar-refractivity contribution in [2.75, 3.05) is 26.2 Å². The van der Waals surface area contributed by atoms with Crippen molar-refractivity contribution in [2.24, 2.45) is 5.73 Å². The fourth-order valence-corrected chi connectivity index (χ4v) is 4.00. The average molecular weight is 447 g/mol. The Morgan fingerprint density at radius 3 is 2.18 bits per heavy atom. The predicted octanol–water partition coefficient (Wildman–Crippen LogP) is 3.21. The van der Waals surface area contributed by atoms with Crippen LogP contribution in [0.4, 0.5) is 5.69 Å². The summed E-state index contributed by atoms with van der Waals surface area (Å²) in [5.41, 5.74) is 9.10. The Bertz CT molecular complexity index is 1210. The minimum absolute atomic E-state index is 0.0204. The van der Waals surface area contributed by atoms with Crippen LogP contribution in [0.2, 0.25) is 0 Å². The maximum atomic E-state index is 13.1. The molecule has 1 aliphatic rings. The Labute approximate surface area is 192 Å². The first-order valence-corrected chi connectivity index (χ1v) is 10.1. The minimum Gasteiger partial charge on any atom is -0.496 e. The van der Waals surface area contributed by atoms with Crippen molar-refractivity contribution in [3.63, 3.8) is 0 Å². The van der Waals surface area contributed by atoms with Crippen molar-refractivity contribution < 1.29 is 23.8 Å². The van der Waals surface area contributed by atoms with Gasteiger partial charge in [0, 0.05) is 0 Å². The summed E-state index contributed by atoms with van der Waals surface area (Å²) in [5, 5.41) is 10.1. The summed E-state index contributed by atoms with van der Waals surface area (Å²) in [7, 11) is 3.99. The fraction of sp³-hybridized carbons (Fsp3) is 0.240. The quantitative estimate of drug-likeness (QED) is 0.695. The third-order valence-electron chi connectivity index (χ3n) is 5.56. The molecule has 2 aromatic carbocycles. The van der Waals surface area contributed by atoms with E-state index in [1.165, 1.54) is 19.1 Å².